The number of likely N-dealkylation sites (N-methyl/N-ethyl adjacent to an activating group) is 1. The third-order valence-electron chi connectivity index (χ3n) is 5.23. The fraction of sp³-hybridized carbons (Fsp3) is 0.261. The summed E-state index contributed by atoms with van der Waals surface area (Å²) in [6, 6.07) is 15.7. The average molecular weight is 404 g/mol. The number of aryl methyl sites for hydroxylation is 1. The van der Waals surface area contributed by atoms with Gasteiger partial charge < -0.3 is 19.1 Å². The lowest BCUT2D eigenvalue weighted by Gasteiger charge is -2.16. The van der Waals surface area contributed by atoms with Crippen LogP contribution in [0.2, 0.25) is 0 Å². The lowest BCUT2D eigenvalue weighted by Crippen LogP contribution is -2.30. The Kier molecular flexibility index (Phi) is 5.52. The number of aromatic amines is 1. The van der Waals surface area contributed by atoms with E-state index in [1.807, 2.05) is 55.5 Å². The Morgan fingerprint density at radius 1 is 1.20 bits per heavy atom. The number of methoxy groups -OCH3 is 1. The van der Waals surface area contributed by atoms with Crippen molar-refractivity contribution in [3.63, 3.8) is 0 Å². The minimum atomic E-state index is 0.0672. The van der Waals surface area contributed by atoms with Crippen molar-refractivity contribution in [2.75, 3.05) is 20.7 Å². The van der Waals surface area contributed by atoms with Crippen molar-refractivity contribution in [3.8, 4) is 17.3 Å². The van der Waals surface area contributed by atoms with Gasteiger partial charge in [-0.05, 0) is 36.2 Å². The molecule has 0 bridgehead atoms. The molecule has 2 aromatic carbocycles. The molecule has 0 saturated carbocycles. The molecule has 0 unspecified atom stereocenters. The summed E-state index contributed by atoms with van der Waals surface area (Å²) in [4.78, 5) is 22.0. The van der Waals surface area contributed by atoms with Gasteiger partial charge in [-0.1, -0.05) is 29.4 Å². The summed E-state index contributed by atoms with van der Waals surface area (Å²) in [5, 5.41) is 5.09. The lowest BCUT2D eigenvalue weighted by atomic mass is 10.1. The lowest BCUT2D eigenvalue weighted by molar-refractivity contribution is -0.129. The quantitative estimate of drug-likeness (QED) is 0.507. The van der Waals surface area contributed by atoms with Gasteiger partial charge in [-0.15, -0.1) is 0 Å². The van der Waals surface area contributed by atoms with E-state index in [9.17, 15) is 4.79 Å². The molecule has 7 nitrogen and oxygen atoms in total. The molecule has 0 aliphatic rings. The fourth-order valence-corrected chi connectivity index (χ4v) is 3.31. The highest BCUT2D eigenvalue weighted by Gasteiger charge is 2.15. The van der Waals surface area contributed by atoms with Gasteiger partial charge in [0.1, 0.15) is 11.4 Å². The molecule has 2 aromatic heterocycles. The zero-order valence-corrected chi connectivity index (χ0v) is 17.3. The smallest absolute Gasteiger partial charge is 0.274 e. The van der Waals surface area contributed by atoms with Gasteiger partial charge in [0.15, 0.2) is 5.82 Å². The first-order chi connectivity index (χ1) is 14.5. The van der Waals surface area contributed by atoms with E-state index in [2.05, 4.69) is 15.1 Å². The van der Waals surface area contributed by atoms with Crippen LogP contribution in [0.5, 0.6) is 5.75 Å². The molecule has 0 atom stereocenters. The van der Waals surface area contributed by atoms with Crippen molar-refractivity contribution in [3.05, 3.63) is 65.5 Å². The number of fused-ring (bicyclic) bond motifs is 1. The van der Waals surface area contributed by atoms with Crippen LogP contribution in [0.3, 0.4) is 0 Å². The van der Waals surface area contributed by atoms with Crippen LogP contribution < -0.4 is 4.74 Å². The first-order valence-electron chi connectivity index (χ1n) is 9.81. The number of benzene rings is 2. The second-order valence-electron chi connectivity index (χ2n) is 7.32. The molecule has 0 radical (unpaired) electrons. The van der Waals surface area contributed by atoms with E-state index in [0.29, 0.717) is 31.1 Å². The van der Waals surface area contributed by atoms with Gasteiger partial charge in [-0.3, -0.25) is 4.79 Å². The number of nitrogens with one attached hydrogen (secondary N) is 1. The van der Waals surface area contributed by atoms with Gasteiger partial charge >= 0.3 is 0 Å². The largest absolute Gasteiger partial charge is 0.497 e. The summed E-state index contributed by atoms with van der Waals surface area (Å²) in [5.74, 6) is 1.84. The number of ether oxygens (including phenoxy) is 1. The molecule has 4 rings (SSSR count). The van der Waals surface area contributed by atoms with Crippen LogP contribution in [0, 0.1) is 6.92 Å². The Bertz CT molecular complexity index is 1180. The van der Waals surface area contributed by atoms with Gasteiger partial charge in [0, 0.05) is 37.0 Å². The number of aromatic nitrogens is 3. The molecule has 0 saturated heterocycles. The Labute approximate surface area is 174 Å². The molecule has 0 aliphatic heterocycles. The molecule has 0 fully saturated rings. The predicted octanol–water partition coefficient (Wildman–Crippen LogP) is 3.78. The van der Waals surface area contributed by atoms with Crippen LogP contribution in [0.1, 0.15) is 17.0 Å². The van der Waals surface area contributed by atoms with Gasteiger partial charge in [0.05, 0.1) is 13.5 Å². The maximum absolute atomic E-state index is 12.5. The summed E-state index contributed by atoms with van der Waals surface area (Å²) in [6.07, 6.45) is 0.909. The van der Waals surface area contributed by atoms with Gasteiger partial charge in [-0.2, -0.15) is 4.98 Å². The standard InChI is InChI=1S/C23H24N4O3/c1-15-6-4-5-7-16(15)13-22(28)27(2)11-10-21-25-23(30-26-21)20-12-17-8-9-18(29-3)14-19(17)24-20/h4-9,12,14,24H,10-11,13H2,1-3H3. The maximum Gasteiger partial charge on any atom is 0.274 e. The minimum absolute atomic E-state index is 0.0672. The number of rotatable bonds is 7. The van der Waals surface area contributed by atoms with Crippen molar-refractivity contribution < 1.29 is 14.1 Å². The highest BCUT2D eigenvalue weighted by Crippen LogP contribution is 2.26. The van der Waals surface area contributed by atoms with Crippen molar-refractivity contribution in [1.82, 2.24) is 20.0 Å². The number of nitrogens with zero attached hydrogens (tertiary/aromatic N) is 3. The molecular formula is C23H24N4O3. The van der Waals surface area contributed by atoms with Gasteiger partial charge in [-0.25, -0.2) is 0 Å². The van der Waals surface area contributed by atoms with Crippen LogP contribution >= 0.6 is 0 Å². The van der Waals surface area contributed by atoms with E-state index >= 15 is 0 Å². The van der Waals surface area contributed by atoms with Gasteiger partial charge in [0.25, 0.3) is 5.89 Å². The molecule has 7 heteroatoms. The van der Waals surface area contributed by atoms with Crippen molar-refractivity contribution >= 4 is 16.8 Å². The van der Waals surface area contributed by atoms with E-state index in [-0.39, 0.29) is 5.91 Å². The van der Waals surface area contributed by atoms with Crippen LogP contribution in [-0.4, -0.2) is 46.6 Å². The van der Waals surface area contributed by atoms with E-state index in [1.54, 1.807) is 19.1 Å². The molecular weight excluding hydrogens is 380 g/mol. The second-order valence-corrected chi connectivity index (χ2v) is 7.32. The second kappa shape index (κ2) is 8.41. The highest BCUT2D eigenvalue weighted by atomic mass is 16.5. The molecule has 1 amide bonds. The van der Waals surface area contributed by atoms with Crippen LogP contribution in [-0.2, 0) is 17.6 Å². The zero-order chi connectivity index (χ0) is 21.1. The minimum Gasteiger partial charge on any atom is -0.497 e. The maximum atomic E-state index is 12.5. The number of H-pyrrole nitrogens is 1. The Balaban J connectivity index is 1.38. The average Bonchev–Trinajstić information content (AvgIpc) is 3.39. The Morgan fingerprint density at radius 3 is 2.83 bits per heavy atom. The van der Waals surface area contributed by atoms with Crippen molar-refractivity contribution in [1.29, 1.82) is 0 Å². The summed E-state index contributed by atoms with van der Waals surface area (Å²) in [7, 11) is 3.44. The number of hydrogen-bond acceptors (Lipinski definition) is 5. The van der Waals surface area contributed by atoms with E-state index in [1.165, 1.54) is 0 Å². The van der Waals surface area contributed by atoms with Crippen LogP contribution in [0.25, 0.3) is 22.5 Å². The number of hydrogen-bond donors (Lipinski definition) is 1. The summed E-state index contributed by atoms with van der Waals surface area (Å²) < 4.78 is 10.7. The van der Waals surface area contributed by atoms with E-state index in [0.717, 1.165) is 33.5 Å². The Morgan fingerprint density at radius 2 is 2.03 bits per heavy atom. The Hall–Kier alpha value is -3.61. The topological polar surface area (TPSA) is 84.2 Å². The highest BCUT2D eigenvalue weighted by molar-refractivity contribution is 5.85. The SMILES string of the molecule is COc1ccc2cc(-c3nc(CCN(C)C(=O)Cc4ccccc4C)no3)[nH]c2c1. The molecule has 1 N–H and O–H groups in total. The third kappa shape index (κ3) is 4.20. The molecule has 0 aliphatic carbocycles. The summed E-state index contributed by atoms with van der Waals surface area (Å²) >= 11 is 0. The van der Waals surface area contributed by atoms with Crippen LogP contribution in [0.4, 0.5) is 0 Å². The summed E-state index contributed by atoms with van der Waals surface area (Å²) in [5.41, 5.74) is 3.86. The number of amides is 1. The zero-order valence-electron chi connectivity index (χ0n) is 17.3. The molecule has 2 heterocycles. The first kappa shape index (κ1) is 19.7. The van der Waals surface area contributed by atoms with Gasteiger partial charge in [0.2, 0.25) is 5.91 Å². The van der Waals surface area contributed by atoms with E-state index in [4.69, 9.17) is 9.26 Å². The van der Waals surface area contributed by atoms with Crippen LogP contribution in [0.15, 0.2) is 53.1 Å². The fourth-order valence-electron chi connectivity index (χ4n) is 3.31. The third-order valence-corrected chi connectivity index (χ3v) is 5.23. The number of carbonyl (C=O) groups excluding carboxylic acids is 1. The molecule has 30 heavy (non-hydrogen) atoms. The predicted molar refractivity (Wildman–Crippen MR) is 114 cm³/mol. The normalized spacial score (nSPS) is 11.0. The summed E-state index contributed by atoms with van der Waals surface area (Å²) in [6.45, 7) is 2.54. The van der Waals surface area contributed by atoms with E-state index < -0.39 is 0 Å². The monoisotopic (exact) mass is 404 g/mol. The van der Waals surface area contributed by atoms with Crippen molar-refractivity contribution in [2.24, 2.45) is 0 Å². The molecule has 0 spiro atoms. The first-order valence-corrected chi connectivity index (χ1v) is 9.81. The van der Waals surface area contributed by atoms with Crippen molar-refractivity contribution in [2.45, 2.75) is 19.8 Å². The number of carbonyl (C=O) groups is 1. The molecule has 4 aromatic rings. The molecule has 154 valence electrons.